The van der Waals surface area contributed by atoms with Crippen LogP contribution in [-0.2, 0) is 32.7 Å². The summed E-state index contributed by atoms with van der Waals surface area (Å²) in [5.41, 5.74) is 5.42. The third-order valence-electron chi connectivity index (χ3n) is 19.2. The topological polar surface area (TPSA) is 134 Å². The molecule has 0 rings (SSSR count). The molecule has 0 heterocycles. The van der Waals surface area contributed by atoms with Crippen molar-refractivity contribution in [3.8, 4) is 0 Å². The lowest BCUT2D eigenvalue weighted by atomic mass is 10.0. The van der Waals surface area contributed by atoms with E-state index in [1.165, 1.54) is 405 Å². The van der Waals surface area contributed by atoms with Crippen molar-refractivity contribution in [1.29, 1.82) is 0 Å². The zero-order valence-electron chi connectivity index (χ0n) is 60.9. The summed E-state index contributed by atoms with van der Waals surface area (Å²) in [6.07, 6.45) is 94.1. The van der Waals surface area contributed by atoms with Crippen molar-refractivity contribution in [2.24, 2.45) is 5.73 Å². The van der Waals surface area contributed by atoms with Gasteiger partial charge in [-0.25, -0.2) is 4.57 Å². The first-order chi connectivity index (χ1) is 44.3. The normalized spacial score (nSPS) is 12.7. The SMILES string of the molecule is CCCCCCCCCCCCCCCCCCCCCCCCCCCCCCCCCCCCCC(=O)OC(COC(=O)CCCCCCCCCCCCCCCCCCCCCCCCCCCCCCCCCCCC)COP(=O)(O)OCCN. The monoisotopic (exact) mass is 1290 g/mol. The third kappa shape index (κ3) is 76.0. The molecule has 0 aliphatic heterocycles. The lowest BCUT2D eigenvalue weighted by Crippen LogP contribution is -2.29. The number of carbonyl (C=O) groups is 2. The molecule has 3 N–H and O–H groups in total. The zero-order valence-corrected chi connectivity index (χ0v) is 61.8. The molecule has 90 heavy (non-hydrogen) atoms. The summed E-state index contributed by atoms with van der Waals surface area (Å²) >= 11 is 0. The minimum absolute atomic E-state index is 0.0590. The van der Waals surface area contributed by atoms with E-state index < -0.39 is 26.5 Å². The predicted molar refractivity (Wildman–Crippen MR) is 391 cm³/mol. The van der Waals surface area contributed by atoms with Gasteiger partial charge in [0.2, 0.25) is 0 Å². The summed E-state index contributed by atoms with van der Waals surface area (Å²) < 4.78 is 33.3. The average molecular weight is 1300 g/mol. The molecule has 0 saturated carbocycles. The molecule has 0 aromatic carbocycles. The standard InChI is InChI=1S/C80H160NO8P/c1-3-5-7-9-11-13-15-17-19-21-23-25-27-29-31-33-35-37-39-41-43-45-47-49-51-53-55-57-59-61-63-65-67-69-71-73-80(83)89-78(77-88-90(84,85)87-75-74-81)76-86-79(82)72-70-68-66-64-62-60-58-56-54-52-50-48-46-44-42-40-38-36-34-32-30-28-26-24-22-20-18-16-14-12-10-8-6-4-2/h78H,3-77,81H2,1-2H3,(H,84,85). The maximum absolute atomic E-state index is 12.8. The Balaban J connectivity index is 3.71. The molecule has 10 heteroatoms. The zero-order chi connectivity index (χ0) is 65.1. The molecule has 2 atom stereocenters. The Morgan fingerprint density at radius 1 is 0.289 bits per heavy atom. The van der Waals surface area contributed by atoms with Crippen LogP contribution in [0.1, 0.15) is 470 Å². The van der Waals surface area contributed by atoms with Crippen molar-refractivity contribution >= 4 is 19.8 Å². The summed E-state index contributed by atoms with van der Waals surface area (Å²) in [6.45, 7) is 3.86. The minimum atomic E-state index is -4.39. The minimum Gasteiger partial charge on any atom is -0.462 e. The fourth-order valence-corrected chi connectivity index (χ4v) is 13.9. The van der Waals surface area contributed by atoms with Crippen LogP contribution in [0.5, 0.6) is 0 Å². The Kier molecular flexibility index (Phi) is 76.2. The van der Waals surface area contributed by atoms with E-state index in [9.17, 15) is 19.0 Å². The van der Waals surface area contributed by atoms with Crippen LogP contribution in [0.25, 0.3) is 0 Å². The number of unbranched alkanes of at least 4 members (excludes halogenated alkanes) is 67. The fourth-order valence-electron chi connectivity index (χ4n) is 13.2. The first-order valence-corrected chi connectivity index (χ1v) is 42.5. The van der Waals surface area contributed by atoms with E-state index >= 15 is 0 Å². The molecule has 2 unspecified atom stereocenters. The highest BCUT2D eigenvalue weighted by atomic mass is 31.2. The first-order valence-electron chi connectivity index (χ1n) is 41.0. The van der Waals surface area contributed by atoms with Gasteiger partial charge in [-0.3, -0.25) is 18.6 Å². The number of ether oxygens (including phenoxy) is 2. The van der Waals surface area contributed by atoms with Crippen LogP contribution in [0, 0.1) is 0 Å². The molecule has 0 radical (unpaired) electrons. The highest BCUT2D eigenvalue weighted by molar-refractivity contribution is 7.47. The molecule has 0 bridgehead atoms. The van der Waals surface area contributed by atoms with Crippen LogP contribution >= 0.6 is 7.82 Å². The summed E-state index contributed by atoms with van der Waals surface area (Å²) in [5.74, 6) is -0.793. The number of hydrogen-bond acceptors (Lipinski definition) is 8. The van der Waals surface area contributed by atoms with E-state index in [1.807, 2.05) is 0 Å². The van der Waals surface area contributed by atoms with Crippen LogP contribution < -0.4 is 5.73 Å². The molecule has 9 nitrogen and oxygen atoms in total. The summed E-state index contributed by atoms with van der Waals surface area (Å²) in [7, 11) is -4.39. The van der Waals surface area contributed by atoms with Crippen molar-refractivity contribution in [1.82, 2.24) is 0 Å². The van der Waals surface area contributed by atoms with E-state index in [0.29, 0.717) is 12.8 Å². The molecule has 0 aromatic rings. The largest absolute Gasteiger partial charge is 0.472 e. The second kappa shape index (κ2) is 77.0. The Hall–Kier alpha value is -0.990. The molecule has 0 aliphatic carbocycles. The molecule has 0 fully saturated rings. The summed E-state index contributed by atoms with van der Waals surface area (Å²) in [4.78, 5) is 35.5. The number of hydrogen-bond donors (Lipinski definition) is 2. The molecular formula is C80H160NO8P. The van der Waals surface area contributed by atoms with Crippen molar-refractivity contribution in [2.45, 2.75) is 476 Å². The van der Waals surface area contributed by atoms with Crippen molar-refractivity contribution in [3.63, 3.8) is 0 Å². The Labute approximate surface area is 562 Å². The van der Waals surface area contributed by atoms with Crippen LogP contribution in [0.3, 0.4) is 0 Å². The van der Waals surface area contributed by atoms with Gasteiger partial charge in [0, 0.05) is 19.4 Å². The number of esters is 2. The van der Waals surface area contributed by atoms with Crippen LogP contribution in [0.15, 0.2) is 0 Å². The maximum atomic E-state index is 12.8. The van der Waals surface area contributed by atoms with Crippen molar-refractivity contribution < 1.29 is 37.6 Å². The van der Waals surface area contributed by atoms with Gasteiger partial charge in [0.1, 0.15) is 6.61 Å². The highest BCUT2D eigenvalue weighted by Gasteiger charge is 2.26. The van der Waals surface area contributed by atoms with Crippen LogP contribution in [0.4, 0.5) is 0 Å². The number of phosphoric ester groups is 1. The average Bonchev–Trinajstić information content (AvgIpc) is 3.75. The Morgan fingerprint density at radius 3 is 0.678 bits per heavy atom. The second-order valence-electron chi connectivity index (χ2n) is 28.4. The molecule has 0 spiro atoms. The molecule has 0 aromatic heterocycles. The van der Waals surface area contributed by atoms with Crippen molar-refractivity contribution in [3.05, 3.63) is 0 Å². The maximum Gasteiger partial charge on any atom is 0.472 e. The smallest absolute Gasteiger partial charge is 0.462 e. The Bertz CT molecular complexity index is 1430. The van der Waals surface area contributed by atoms with E-state index in [2.05, 4.69) is 13.8 Å². The fraction of sp³-hybridized carbons (Fsp3) is 0.975. The van der Waals surface area contributed by atoms with Gasteiger partial charge in [0.05, 0.1) is 13.2 Å². The Morgan fingerprint density at radius 2 is 0.478 bits per heavy atom. The quantitative estimate of drug-likeness (QED) is 0.0347. The van der Waals surface area contributed by atoms with E-state index in [-0.39, 0.29) is 32.1 Å². The van der Waals surface area contributed by atoms with Gasteiger partial charge in [-0.05, 0) is 12.8 Å². The summed E-state index contributed by atoms with van der Waals surface area (Å²) in [5, 5.41) is 0. The number of phosphoric acid groups is 1. The van der Waals surface area contributed by atoms with Crippen molar-refractivity contribution in [2.75, 3.05) is 26.4 Å². The van der Waals surface area contributed by atoms with Gasteiger partial charge < -0.3 is 20.1 Å². The lowest BCUT2D eigenvalue weighted by molar-refractivity contribution is -0.161. The van der Waals surface area contributed by atoms with Crippen LogP contribution in [-0.4, -0.2) is 49.3 Å². The molecule has 0 amide bonds. The number of rotatable bonds is 80. The van der Waals surface area contributed by atoms with Gasteiger partial charge >= 0.3 is 19.8 Å². The molecule has 0 saturated heterocycles. The second-order valence-corrected chi connectivity index (χ2v) is 29.8. The molecule has 538 valence electrons. The third-order valence-corrected chi connectivity index (χ3v) is 20.2. The van der Waals surface area contributed by atoms with Gasteiger partial charge in [0.15, 0.2) is 6.10 Å². The van der Waals surface area contributed by atoms with Gasteiger partial charge in [-0.1, -0.05) is 444 Å². The van der Waals surface area contributed by atoms with Crippen LogP contribution in [0.2, 0.25) is 0 Å². The highest BCUT2D eigenvalue weighted by Crippen LogP contribution is 2.43. The van der Waals surface area contributed by atoms with E-state index in [0.717, 1.165) is 32.1 Å². The predicted octanol–water partition coefficient (Wildman–Crippen LogP) is 27.3. The first kappa shape index (κ1) is 89.0. The van der Waals surface area contributed by atoms with E-state index in [4.69, 9.17) is 24.3 Å². The summed E-state index contributed by atoms with van der Waals surface area (Å²) in [6, 6.07) is 0. The number of carbonyl (C=O) groups excluding carboxylic acids is 2. The van der Waals surface area contributed by atoms with E-state index in [1.54, 1.807) is 0 Å². The van der Waals surface area contributed by atoms with Gasteiger partial charge in [-0.15, -0.1) is 0 Å². The lowest BCUT2D eigenvalue weighted by Gasteiger charge is -2.19. The molecular weight excluding hydrogens is 1130 g/mol. The molecule has 0 aliphatic rings. The van der Waals surface area contributed by atoms with Gasteiger partial charge in [0.25, 0.3) is 0 Å². The number of nitrogens with two attached hydrogens (primary N) is 1. The van der Waals surface area contributed by atoms with Gasteiger partial charge in [-0.2, -0.15) is 0 Å².